The van der Waals surface area contributed by atoms with Crippen LogP contribution < -0.4 is 4.72 Å². The average molecular weight is 455 g/mol. The van der Waals surface area contributed by atoms with Crippen molar-refractivity contribution in [1.82, 2.24) is 4.90 Å². The van der Waals surface area contributed by atoms with Gasteiger partial charge in [-0.3, -0.25) is 9.52 Å². The highest BCUT2D eigenvalue weighted by Crippen LogP contribution is 2.26. The molecule has 11 heteroatoms. The summed E-state index contributed by atoms with van der Waals surface area (Å²) >= 11 is 11.6. The van der Waals surface area contributed by atoms with Crippen molar-refractivity contribution in [2.24, 2.45) is 0 Å². The van der Waals surface area contributed by atoms with Crippen molar-refractivity contribution in [2.75, 3.05) is 18.3 Å². The lowest BCUT2D eigenvalue weighted by Crippen LogP contribution is -2.36. The maximum atomic E-state index is 12.4. The molecule has 0 fully saturated rings. The number of halogens is 5. The lowest BCUT2D eigenvalue weighted by Gasteiger charge is -2.19. The summed E-state index contributed by atoms with van der Waals surface area (Å²) in [5.74, 6) is -0.707. The average Bonchev–Trinajstić information content (AvgIpc) is 2.57. The number of anilines is 1. The van der Waals surface area contributed by atoms with Crippen LogP contribution in [0, 0.1) is 0 Å². The topological polar surface area (TPSA) is 66.5 Å². The zero-order chi connectivity index (χ0) is 21.1. The molecule has 2 aromatic rings. The van der Waals surface area contributed by atoms with Crippen LogP contribution in [0.5, 0.6) is 0 Å². The van der Waals surface area contributed by atoms with Gasteiger partial charge in [-0.05, 0) is 35.9 Å². The summed E-state index contributed by atoms with van der Waals surface area (Å²) in [6.07, 6.45) is -4.72. The fraction of sp³-hybridized carbons (Fsp3) is 0.235. The van der Waals surface area contributed by atoms with Gasteiger partial charge in [-0.1, -0.05) is 35.3 Å². The molecule has 2 rings (SSSR count). The first-order valence-electron chi connectivity index (χ1n) is 7.75. The maximum Gasteiger partial charge on any atom is 0.406 e. The van der Waals surface area contributed by atoms with E-state index in [0.717, 1.165) is 7.05 Å². The number of sulfonamides is 1. The van der Waals surface area contributed by atoms with Crippen LogP contribution in [0.25, 0.3) is 0 Å². The summed E-state index contributed by atoms with van der Waals surface area (Å²) < 4.78 is 64.1. The number of likely N-dealkylation sites (N-methyl/N-ethyl adjacent to an activating group) is 1. The van der Waals surface area contributed by atoms with Crippen LogP contribution in [0.4, 0.5) is 18.9 Å². The Hall–Kier alpha value is -1.97. The molecule has 0 bridgehead atoms. The van der Waals surface area contributed by atoms with Gasteiger partial charge in [-0.25, -0.2) is 8.42 Å². The van der Waals surface area contributed by atoms with Gasteiger partial charge in [0.05, 0.1) is 21.4 Å². The molecule has 0 radical (unpaired) electrons. The van der Waals surface area contributed by atoms with Gasteiger partial charge >= 0.3 is 6.18 Å². The van der Waals surface area contributed by atoms with Crippen LogP contribution in [-0.4, -0.2) is 39.0 Å². The highest BCUT2D eigenvalue weighted by molar-refractivity contribution is 7.92. The third-order valence-corrected chi connectivity index (χ3v) is 5.72. The Bertz CT molecular complexity index is 965. The third-order valence-electron chi connectivity index (χ3n) is 3.61. The molecule has 1 N–H and O–H groups in total. The Balaban J connectivity index is 2.06. The Labute approximate surface area is 170 Å². The first-order valence-corrected chi connectivity index (χ1v) is 9.99. The minimum atomic E-state index is -4.48. The third kappa shape index (κ3) is 6.29. The van der Waals surface area contributed by atoms with Crippen molar-refractivity contribution >= 4 is 44.8 Å². The van der Waals surface area contributed by atoms with Gasteiger partial charge in [0.1, 0.15) is 6.54 Å². The van der Waals surface area contributed by atoms with Gasteiger partial charge in [-0.15, -0.1) is 0 Å². The quantitative estimate of drug-likeness (QED) is 0.704. The summed E-state index contributed by atoms with van der Waals surface area (Å²) in [4.78, 5) is 12.3. The molecule has 0 aliphatic heterocycles. The number of carbonyl (C=O) groups excluding carboxylic acids is 1. The molecule has 1 amide bonds. The summed E-state index contributed by atoms with van der Waals surface area (Å²) in [6.45, 7) is -1.34. The highest BCUT2D eigenvalue weighted by Gasteiger charge is 2.31. The van der Waals surface area contributed by atoms with Crippen LogP contribution in [0.2, 0.25) is 10.0 Å². The normalized spacial score (nSPS) is 11.9. The van der Waals surface area contributed by atoms with Gasteiger partial charge in [0, 0.05) is 12.7 Å². The monoisotopic (exact) mass is 454 g/mol. The van der Waals surface area contributed by atoms with Gasteiger partial charge in [0.25, 0.3) is 10.0 Å². The minimum Gasteiger partial charge on any atom is -0.336 e. The van der Waals surface area contributed by atoms with Crippen LogP contribution in [-0.2, 0) is 21.2 Å². The number of hydrogen-bond acceptors (Lipinski definition) is 3. The molecule has 2 aromatic carbocycles. The lowest BCUT2D eigenvalue weighted by molar-refractivity contribution is -0.157. The van der Waals surface area contributed by atoms with Gasteiger partial charge in [0.15, 0.2) is 0 Å². The van der Waals surface area contributed by atoms with Gasteiger partial charge < -0.3 is 4.90 Å². The largest absolute Gasteiger partial charge is 0.406 e. The molecule has 0 aliphatic carbocycles. The molecule has 152 valence electrons. The predicted octanol–water partition coefficient (Wildman–Crippen LogP) is 4.36. The summed E-state index contributed by atoms with van der Waals surface area (Å²) in [7, 11) is -2.85. The van der Waals surface area contributed by atoms with Crippen LogP contribution in [0.15, 0.2) is 47.4 Å². The fourth-order valence-electron chi connectivity index (χ4n) is 2.22. The number of benzene rings is 2. The second kappa shape index (κ2) is 8.59. The van der Waals surface area contributed by atoms with Crippen molar-refractivity contribution in [1.29, 1.82) is 0 Å². The number of alkyl halides is 3. The summed E-state index contributed by atoms with van der Waals surface area (Å²) in [5, 5.41) is 0.298. The van der Waals surface area contributed by atoms with Crippen LogP contribution in [0.1, 0.15) is 5.56 Å². The molecule has 0 unspecified atom stereocenters. The van der Waals surface area contributed by atoms with E-state index >= 15 is 0 Å². The number of hydrogen-bond donors (Lipinski definition) is 1. The van der Waals surface area contributed by atoms with E-state index in [2.05, 4.69) is 4.72 Å². The molecule has 0 spiro atoms. The SMILES string of the molecule is CN(CC(F)(F)F)C(=O)Cc1ccc(NS(=O)(=O)c2ccc(Cl)c(Cl)c2)cc1. The Morgan fingerprint density at radius 3 is 2.21 bits per heavy atom. The highest BCUT2D eigenvalue weighted by atomic mass is 35.5. The van der Waals surface area contributed by atoms with E-state index in [4.69, 9.17) is 23.2 Å². The standard InChI is InChI=1S/C17H15Cl2F3N2O3S/c1-24(10-17(20,21)22)16(25)8-11-2-4-12(5-3-11)23-28(26,27)13-6-7-14(18)15(19)9-13/h2-7,9,23H,8,10H2,1H3. The number of nitrogens with one attached hydrogen (secondary N) is 1. The Morgan fingerprint density at radius 1 is 1.07 bits per heavy atom. The molecule has 0 aromatic heterocycles. The molecule has 0 heterocycles. The maximum absolute atomic E-state index is 12.4. The zero-order valence-electron chi connectivity index (χ0n) is 14.4. The van der Waals surface area contributed by atoms with E-state index in [1.165, 1.54) is 42.5 Å². The minimum absolute atomic E-state index is 0.0846. The number of carbonyl (C=O) groups is 1. The van der Waals surface area contributed by atoms with Crippen LogP contribution >= 0.6 is 23.2 Å². The van der Waals surface area contributed by atoms with E-state index in [0.29, 0.717) is 10.5 Å². The van der Waals surface area contributed by atoms with Crippen molar-refractivity contribution < 1.29 is 26.4 Å². The molecule has 0 aliphatic rings. The van der Waals surface area contributed by atoms with E-state index < -0.39 is 28.7 Å². The van der Waals surface area contributed by atoms with E-state index in [-0.39, 0.29) is 27.0 Å². The molecular formula is C17H15Cl2F3N2O3S. The van der Waals surface area contributed by atoms with Gasteiger partial charge in [-0.2, -0.15) is 13.2 Å². The van der Waals surface area contributed by atoms with E-state index in [9.17, 15) is 26.4 Å². The zero-order valence-corrected chi connectivity index (χ0v) is 16.8. The Morgan fingerprint density at radius 2 is 1.68 bits per heavy atom. The smallest absolute Gasteiger partial charge is 0.336 e. The molecule has 5 nitrogen and oxygen atoms in total. The Kier molecular flexibility index (Phi) is 6.84. The van der Waals surface area contributed by atoms with E-state index in [1.807, 2.05) is 0 Å². The molecule has 0 saturated heterocycles. The number of nitrogens with zero attached hydrogens (tertiary/aromatic N) is 1. The van der Waals surface area contributed by atoms with Crippen molar-refractivity contribution in [2.45, 2.75) is 17.5 Å². The number of amides is 1. The van der Waals surface area contributed by atoms with Crippen molar-refractivity contribution in [3.63, 3.8) is 0 Å². The second-order valence-corrected chi connectivity index (χ2v) is 8.42. The van der Waals surface area contributed by atoms with Gasteiger partial charge in [0.2, 0.25) is 5.91 Å². The molecule has 28 heavy (non-hydrogen) atoms. The number of rotatable bonds is 6. The van der Waals surface area contributed by atoms with Crippen molar-refractivity contribution in [3.05, 3.63) is 58.1 Å². The lowest BCUT2D eigenvalue weighted by atomic mass is 10.1. The second-order valence-electron chi connectivity index (χ2n) is 5.92. The first kappa shape index (κ1) is 22.3. The first-order chi connectivity index (χ1) is 12.9. The summed E-state index contributed by atoms with van der Waals surface area (Å²) in [5.41, 5.74) is 0.655. The molecule has 0 saturated carbocycles. The fourth-order valence-corrected chi connectivity index (χ4v) is 3.66. The van der Waals surface area contributed by atoms with E-state index in [1.54, 1.807) is 0 Å². The predicted molar refractivity (Wildman–Crippen MR) is 101 cm³/mol. The molecular weight excluding hydrogens is 440 g/mol. The molecule has 0 atom stereocenters. The summed E-state index contributed by atoms with van der Waals surface area (Å²) in [6, 6.07) is 9.56. The van der Waals surface area contributed by atoms with Crippen molar-refractivity contribution in [3.8, 4) is 0 Å². The van der Waals surface area contributed by atoms with Crippen LogP contribution in [0.3, 0.4) is 0 Å².